The molecule has 0 bridgehead atoms. The number of aromatic nitrogens is 1. The summed E-state index contributed by atoms with van der Waals surface area (Å²) in [7, 11) is 1.36. The van der Waals surface area contributed by atoms with E-state index in [4.69, 9.17) is 15.2 Å². The number of aromatic amines is 1. The zero-order chi connectivity index (χ0) is 21.7. The molecule has 0 aliphatic carbocycles. The number of anilines is 2. The second kappa shape index (κ2) is 8.50. The molecule has 0 aliphatic heterocycles. The number of carbonyl (C=O) groups is 1. The van der Waals surface area contributed by atoms with Crippen molar-refractivity contribution >= 4 is 17.6 Å². The van der Waals surface area contributed by atoms with Gasteiger partial charge in [0, 0.05) is 11.3 Å². The van der Waals surface area contributed by atoms with Crippen LogP contribution in [0.25, 0.3) is 11.1 Å². The van der Waals surface area contributed by atoms with Crippen LogP contribution in [0, 0.1) is 22.7 Å². The van der Waals surface area contributed by atoms with Crippen LogP contribution in [-0.4, -0.2) is 18.2 Å². The van der Waals surface area contributed by atoms with Crippen LogP contribution < -0.4 is 26.1 Å². The zero-order valence-corrected chi connectivity index (χ0v) is 15.7. The Morgan fingerprint density at radius 3 is 2.40 bits per heavy atom. The number of nitriles is 2. The maximum absolute atomic E-state index is 12.2. The second-order valence-corrected chi connectivity index (χ2v) is 5.96. The summed E-state index contributed by atoms with van der Waals surface area (Å²) in [6, 6.07) is 16.8. The third-order valence-electron chi connectivity index (χ3n) is 4.14. The monoisotopic (exact) mass is 401 g/mol. The van der Waals surface area contributed by atoms with E-state index in [1.54, 1.807) is 30.3 Å². The second-order valence-electron chi connectivity index (χ2n) is 5.96. The van der Waals surface area contributed by atoms with Gasteiger partial charge in [-0.15, -0.1) is 0 Å². The summed E-state index contributed by atoms with van der Waals surface area (Å²) in [5, 5.41) is 21.4. The summed E-state index contributed by atoms with van der Waals surface area (Å²) in [5.74, 6) is 0.102. The van der Waals surface area contributed by atoms with Crippen LogP contribution in [0.5, 0.6) is 11.5 Å². The van der Waals surface area contributed by atoms with E-state index in [-0.39, 0.29) is 34.0 Å². The smallest absolute Gasteiger partial charge is 0.417 e. The predicted octanol–water partition coefficient (Wildman–Crippen LogP) is 2.99. The molecule has 3 aromatic rings. The van der Waals surface area contributed by atoms with Gasteiger partial charge in [-0.05, 0) is 29.8 Å². The molecule has 0 fully saturated rings. The minimum Gasteiger partial charge on any atom is -0.493 e. The molecular formula is C21H15N5O4. The summed E-state index contributed by atoms with van der Waals surface area (Å²) in [5.41, 5.74) is 5.65. The molecule has 1 amide bonds. The molecule has 0 radical (unpaired) electrons. The molecule has 1 aromatic heterocycles. The lowest BCUT2D eigenvalue weighted by molar-refractivity contribution is 0.213. The van der Waals surface area contributed by atoms with E-state index >= 15 is 0 Å². The normalized spacial score (nSPS) is 9.83. The van der Waals surface area contributed by atoms with Gasteiger partial charge in [0.15, 0.2) is 11.5 Å². The number of pyridine rings is 1. The molecule has 0 aliphatic rings. The van der Waals surface area contributed by atoms with Crippen LogP contribution in [0.4, 0.5) is 16.3 Å². The van der Waals surface area contributed by atoms with Gasteiger partial charge in [-0.25, -0.2) is 4.79 Å². The van der Waals surface area contributed by atoms with Gasteiger partial charge in [0.25, 0.3) is 5.56 Å². The van der Waals surface area contributed by atoms with Gasteiger partial charge in [-0.2, -0.15) is 10.5 Å². The van der Waals surface area contributed by atoms with Crippen molar-refractivity contribution < 1.29 is 14.3 Å². The quantitative estimate of drug-likeness (QED) is 0.607. The van der Waals surface area contributed by atoms with Crippen molar-refractivity contribution in [3.63, 3.8) is 0 Å². The maximum atomic E-state index is 12.2. The minimum absolute atomic E-state index is 0.0521. The van der Waals surface area contributed by atoms with Crippen LogP contribution in [0.15, 0.2) is 53.3 Å². The number of hydrogen-bond acceptors (Lipinski definition) is 7. The maximum Gasteiger partial charge on any atom is 0.417 e. The van der Waals surface area contributed by atoms with Crippen molar-refractivity contribution in [1.82, 2.24) is 4.98 Å². The number of H-pyrrole nitrogens is 1. The topological polar surface area (TPSA) is 154 Å². The van der Waals surface area contributed by atoms with Crippen molar-refractivity contribution in [2.75, 3.05) is 18.2 Å². The van der Waals surface area contributed by atoms with Gasteiger partial charge >= 0.3 is 6.09 Å². The molecule has 2 aromatic carbocycles. The van der Waals surface area contributed by atoms with E-state index in [0.29, 0.717) is 11.3 Å². The van der Waals surface area contributed by atoms with Gasteiger partial charge in [-0.1, -0.05) is 24.3 Å². The van der Waals surface area contributed by atoms with E-state index in [1.807, 2.05) is 12.1 Å². The van der Waals surface area contributed by atoms with Gasteiger partial charge < -0.3 is 20.2 Å². The fourth-order valence-corrected chi connectivity index (χ4v) is 2.80. The van der Waals surface area contributed by atoms with Crippen LogP contribution in [0.3, 0.4) is 0 Å². The summed E-state index contributed by atoms with van der Waals surface area (Å²) >= 11 is 0. The largest absolute Gasteiger partial charge is 0.493 e. The van der Waals surface area contributed by atoms with Crippen LogP contribution in [0.1, 0.15) is 11.1 Å². The Kier molecular flexibility index (Phi) is 5.66. The Bertz CT molecular complexity index is 1250. The molecule has 9 nitrogen and oxygen atoms in total. The highest BCUT2D eigenvalue weighted by molar-refractivity contribution is 5.87. The van der Waals surface area contributed by atoms with Gasteiger partial charge in [-0.3, -0.25) is 10.1 Å². The summed E-state index contributed by atoms with van der Waals surface area (Å²) in [6.45, 7) is 0. The highest BCUT2D eigenvalue weighted by Crippen LogP contribution is 2.35. The Balaban J connectivity index is 2.00. The molecule has 0 unspecified atom stereocenters. The van der Waals surface area contributed by atoms with Crippen molar-refractivity contribution in [3.05, 3.63) is 70.0 Å². The molecule has 4 N–H and O–H groups in total. The van der Waals surface area contributed by atoms with Gasteiger partial charge in [0.1, 0.15) is 29.1 Å². The molecule has 148 valence electrons. The van der Waals surface area contributed by atoms with Crippen molar-refractivity contribution in [2.24, 2.45) is 0 Å². The summed E-state index contributed by atoms with van der Waals surface area (Å²) in [4.78, 5) is 26.5. The van der Waals surface area contributed by atoms with Crippen molar-refractivity contribution in [2.45, 2.75) is 0 Å². The van der Waals surface area contributed by atoms with Crippen molar-refractivity contribution in [1.29, 1.82) is 10.5 Å². The first-order valence-electron chi connectivity index (χ1n) is 8.56. The first kappa shape index (κ1) is 20.0. The number of nitrogens with one attached hydrogen (secondary N) is 2. The molecule has 3 rings (SSSR count). The number of nitrogens with two attached hydrogens (primary N) is 1. The number of methoxy groups -OCH3 is 1. The fourth-order valence-electron chi connectivity index (χ4n) is 2.80. The predicted molar refractivity (Wildman–Crippen MR) is 109 cm³/mol. The summed E-state index contributed by atoms with van der Waals surface area (Å²) in [6.07, 6.45) is -0.733. The molecule has 0 atom stereocenters. The standard InChI is InChI=1S/C21H15N5O4/c1-29-17-9-12(18-14(10-22)19(24)26-20(27)15(18)11-23)7-8-16(17)30-21(28)25-13-5-3-2-4-6-13/h2-9H,1H3,(H,25,28)(H3,24,26,27). The van der Waals surface area contributed by atoms with Crippen molar-refractivity contribution in [3.8, 4) is 34.8 Å². The number of amides is 1. The average molecular weight is 401 g/mol. The van der Waals surface area contributed by atoms with Gasteiger partial charge in [0.2, 0.25) is 0 Å². The zero-order valence-electron chi connectivity index (χ0n) is 15.7. The molecule has 0 saturated carbocycles. The first-order chi connectivity index (χ1) is 14.5. The molecule has 30 heavy (non-hydrogen) atoms. The molecule has 0 saturated heterocycles. The number of nitrogen functional groups attached to an aromatic ring is 1. The average Bonchev–Trinajstić information content (AvgIpc) is 2.74. The number of carbonyl (C=O) groups excluding carboxylic acids is 1. The highest BCUT2D eigenvalue weighted by atomic mass is 16.6. The number of para-hydroxylation sites is 1. The lowest BCUT2D eigenvalue weighted by Gasteiger charge is -2.13. The van der Waals surface area contributed by atoms with E-state index in [2.05, 4.69) is 10.3 Å². The van der Waals surface area contributed by atoms with E-state index in [9.17, 15) is 20.1 Å². The third-order valence-corrected chi connectivity index (χ3v) is 4.14. The third kappa shape index (κ3) is 3.91. The number of ether oxygens (including phenoxy) is 2. The van der Waals surface area contributed by atoms with Gasteiger partial charge in [0.05, 0.1) is 7.11 Å². The number of hydrogen-bond donors (Lipinski definition) is 3. The van der Waals surface area contributed by atoms with E-state index in [1.165, 1.54) is 25.3 Å². The lowest BCUT2D eigenvalue weighted by Crippen LogP contribution is -2.17. The van der Waals surface area contributed by atoms with E-state index < -0.39 is 11.7 Å². The Morgan fingerprint density at radius 2 is 1.77 bits per heavy atom. The Hall–Kier alpha value is -4.76. The molecule has 1 heterocycles. The minimum atomic E-state index is -0.733. The Morgan fingerprint density at radius 1 is 1.07 bits per heavy atom. The number of rotatable bonds is 4. The number of benzene rings is 2. The summed E-state index contributed by atoms with van der Waals surface area (Å²) < 4.78 is 10.6. The Labute approximate surface area is 170 Å². The highest BCUT2D eigenvalue weighted by Gasteiger charge is 2.20. The van der Waals surface area contributed by atoms with Crippen LogP contribution in [0.2, 0.25) is 0 Å². The first-order valence-corrected chi connectivity index (χ1v) is 8.56. The number of nitrogens with zero attached hydrogens (tertiary/aromatic N) is 2. The SMILES string of the molecule is COc1cc(-c2c(C#N)c(N)[nH]c(=O)c2C#N)ccc1OC(=O)Nc1ccccc1. The van der Waals surface area contributed by atoms with Crippen LogP contribution >= 0.6 is 0 Å². The molecular weight excluding hydrogens is 386 g/mol. The molecule has 9 heteroatoms. The van der Waals surface area contributed by atoms with Crippen LogP contribution in [-0.2, 0) is 0 Å². The van der Waals surface area contributed by atoms with E-state index in [0.717, 1.165) is 0 Å². The lowest BCUT2D eigenvalue weighted by atomic mass is 9.96. The molecule has 0 spiro atoms. The fraction of sp³-hybridized carbons (Fsp3) is 0.0476.